The zero-order valence-electron chi connectivity index (χ0n) is 67.2. The van der Waals surface area contributed by atoms with Gasteiger partial charge in [0.2, 0.25) is 17.7 Å². The zero-order chi connectivity index (χ0) is 88.0. The highest BCUT2D eigenvalue weighted by molar-refractivity contribution is 5.81. The minimum Gasteiger partial charge on any atom is -0.465 e. The Morgan fingerprint density at radius 1 is 0.342 bits per heavy atom. The fourth-order valence-electron chi connectivity index (χ4n) is 12.4. The van der Waals surface area contributed by atoms with Crippen LogP contribution in [0.15, 0.2) is 18.2 Å². The summed E-state index contributed by atoms with van der Waals surface area (Å²) in [5.74, 6) is -10.2. The molecule has 3 fully saturated rings. The van der Waals surface area contributed by atoms with Gasteiger partial charge < -0.3 is 115 Å². The number of esters is 15. The molecule has 1 aromatic rings. The lowest BCUT2D eigenvalue weighted by Crippen LogP contribution is -2.69. The summed E-state index contributed by atoms with van der Waals surface area (Å²) in [6.45, 7) is 9.65. The minimum atomic E-state index is -2.77. The van der Waals surface area contributed by atoms with Crippen molar-refractivity contribution in [2.24, 2.45) is 0 Å². The summed E-state index contributed by atoms with van der Waals surface area (Å²) in [6.07, 6.45) is -24.4. The van der Waals surface area contributed by atoms with Gasteiger partial charge >= 0.3 is 89.5 Å². The predicted molar refractivity (Wildman–Crippen MR) is 380 cm³/mol. The van der Waals surface area contributed by atoms with Gasteiger partial charge in [-0.05, 0) is 18.2 Å². The van der Waals surface area contributed by atoms with E-state index in [0.29, 0.717) is 0 Å². The summed E-state index contributed by atoms with van der Waals surface area (Å²) in [5.41, 5.74) is -0.0976. The molecule has 0 bridgehead atoms. The Balaban J connectivity index is 2.07. The molecule has 0 saturated carbocycles. The molecule has 3 amide bonds. The number of hydrogen-bond donors (Lipinski definition) is 3. The summed E-state index contributed by atoms with van der Waals surface area (Å²) < 4.78 is 118. The lowest BCUT2D eigenvalue weighted by Gasteiger charge is -2.48. The number of carbonyl (C=O) groups is 18. The fraction of sp³-hybridized carbons (Fsp3) is 0.600. The maximum absolute atomic E-state index is 14.3. The van der Waals surface area contributed by atoms with E-state index in [9.17, 15) is 86.3 Å². The van der Waals surface area contributed by atoms with Crippen molar-refractivity contribution < 1.29 is 186 Å². The van der Waals surface area contributed by atoms with Gasteiger partial charge in [0, 0.05) is 121 Å². The first-order valence-corrected chi connectivity index (χ1v) is 35.4. The molecule has 0 unspecified atom stereocenters. The van der Waals surface area contributed by atoms with Crippen molar-refractivity contribution in [1.82, 2.24) is 16.0 Å². The van der Waals surface area contributed by atoms with Crippen molar-refractivity contribution in [3.63, 3.8) is 0 Å². The molecule has 3 aliphatic rings. The Bertz CT molecular complexity index is 3670. The van der Waals surface area contributed by atoms with Gasteiger partial charge in [0.15, 0.2) is 36.6 Å². The van der Waals surface area contributed by atoms with Crippen LogP contribution in [0, 0.1) is 35.5 Å². The molecular weight excluding hydrogens is 1570 g/mol. The van der Waals surface area contributed by atoms with Crippen LogP contribution in [0.3, 0.4) is 0 Å². The molecule has 3 saturated heterocycles. The van der Waals surface area contributed by atoms with Crippen molar-refractivity contribution in [2.75, 3.05) is 61.0 Å². The minimum absolute atomic E-state index is 0.0325. The van der Waals surface area contributed by atoms with Gasteiger partial charge in [-0.2, -0.15) is 0 Å². The van der Waals surface area contributed by atoms with E-state index < -0.39 is 275 Å². The number of carbonyl (C=O) groups excluding carboxylic acids is 18. The second-order valence-corrected chi connectivity index (χ2v) is 25.9. The van der Waals surface area contributed by atoms with Crippen LogP contribution in [-0.4, -0.2) is 277 Å². The smallest absolute Gasteiger partial charge is 0.366 e. The Kier molecular flexibility index (Phi) is 37.8. The van der Waals surface area contributed by atoms with Crippen LogP contribution in [0.25, 0.3) is 0 Å². The number of benzene rings is 1. The Hall–Kier alpha value is -11.9. The summed E-state index contributed by atoms with van der Waals surface area (Å²) in [7, 11) is 2.72. The van der Waals surface area contributed by atoms with Crippen LogP contribution in [0.1, 0.15) is 140 Å². The first kappa shape index (κ1) is 97.5. The highest BCUT2D eigenvalue weighted by Gasteiger charge is 2.63. The van der Waals surface area contributed by atoms with E-state index in [1.807, 2.05) is 0 Å². The van der Waals surface area contributed by atoms with E-state index >= 15 is 0 Å². The van der Waals surface area contributed by atoms with Crippen LogP contribution in [0.2, 0.25) is 0 Å². The molecule has 0 aromatic heterocycles. The van der Waals surface area contributed by atoms with E-state index in [-0.39, 0.29) is 16.7 Å². The molecule has 3 heterocycles. The molecule has 3 N–H and O–H groups in total. The van der Waals surface area contributed by atoms with Crippen molar-refractivity contribution in [3.8, 4) is 35.5 Å². The lowest BCUT2D eigenvalue weighted by atomic mass is 9.88. The van der Waals surface area contributed by atoms with Crippen molar-refractivity contribution in [3.05, 3.63) is 34.9 Å². The molecule has 117 heavy (non-hydrogen) atoms. The molecule has 18 atom stereocenters. The summed E-state index contributed by atoms with van der Waals surface area (Å²) in [4.78, 5) is 233. The third-order valence-corrected chi connectivity index (χ3v) is 16.2. The molecule has 1 aromatic carbocycles. The first-order chi connectivity index (χ1) is 54.8. The van der Waals surface area contributed by atoms with E-state index in [1.54, 1.807) is 0 Å². The Morgan fingerprint density at radius 3 is 0.744 bits per heavy atom. The molecule has 0 radical (unpaired) electrons. The first-order valence-electron chi connectivity index (χ1n) is 35.4. The van der Waals surface area contributed by atoms with Crippen LogP contribution in [0.4, 0.5) is 0 Å². The maximum atomic E-state index is 14.3. The monoisotopic (exact) mass is 1660 g/mol. The molecule has 42 heteroatoms. The highest BCUT2D eigenvalue weighted by Crippen LogP contribution is 2.41. The second-order valence-electron chi connectivity index (χ2n) is 25.9. The van der Waals surface area contributed by atoms with Gasteiger partial charge in [0.25, 0.3) is 17.4 Å². The van der Waals surface area contributed by atoms with Crippen molar-refractivity contribution in [1.29, 1.82) is 0 Å². The average molecular weight is 1660 g/mol. The van der Waals surface area contributed by atoms with Crippen molar-refractivity contribution >= 4 is 107 Å². The second kappa shape index (κ2) is 45.4. The average Bonchev–Trinajstić information content (AvgIpc) is 0.767. The summed E-state index contributed by atoms with van der Waals surface area (Å²) in [5, 5.41) is 7.60. The van der Waals surface area contributed by atoms with Gasteiger partial charge in [-0.25, -0.2) is 14.4 Å². The van der Waals surface area contributed by atoms with E-state index in [4.69, 9.17) is 99.5 Å². The number of ether oxygens (including phenoxy) is 21. The highest BCUT2D eigenvalue weighted by atomic mass is 16.8. The number of hydrogen-bond acceptors (Lipinski definition) is 39. The molecule has 3 aliphatic heterocycles. The van der Waals surface area contributed by atoms with Crippen LogP contribution in [-0.2, 0) is 186 Å². The predicted octanol–water partition coefficient (Wildman–Crippen LogP) is -1.65. The SMILES string of the molecule is COC(=O)[C@@]1(OCC#Cc2cc(C#CCO[C@]3(C(=O)OC)C[C@H](OC(C)=O)[C@@H](NC(C)=O)[C@H]([C@H](OC(C)=O)[C@@H](COC(C)=O)OC(C)=O)O3)cc(C#CCO[C@]3(C(=O)OC)C[C@H](OC(C)=O)[C@@H](NC(C)=O)[C@H]([C@H](OC(C)=O)[C@@H](COC(C)=O)OC(C)=O)O3)c2)C[C@H](OC(C)=O)[C@@H](NC(C)=O)[C@H]([C@H](OC(C)=O)[C@@H](COC(C)=O)OC(C)=O)O1. The van der Waals surface area contributed by atoms with Gasteiger partial charge in [-0.1, -0.05) is 35.5 Å². The maximum Gasteiger partial charge on any atom is 0.366 e. The van der Waals surface area contributed by atoms with E-state index in [2.05, 4.69) is 51.5 Å². The molecule has 0 spiro atoms. The molecule has 4 rings (SSSR count). The van der Waals surface area contributed by atoms with E-state index in [1.165, 1.54) is 18.2 Å². The molecule has 42 nitrogen and oxygen atoms in total. The molecule has 642 valence electrons. The van der Waals surface area contributed by atoms with Crippen LogP contribution >= 0.6 is 0 Å². The Labute approximate surface area is 670 Å². The topological polar surface area (TPSA) is 537 Å². The van der Waals surface area contributed by atoms with Gasteiger partial charge in [0.1, 0.15) is 76.3 Å². The lowest BCUT2D eigenvalue weighted by molar-refractivity contribution is -0.311. The standard InChI is InChI=1S/C75H93N3O39/c1-37(79)76-61-55(106-43(7)85)31-73(70(94)97-16,115-67(61)64(112-49(13)91)58(109-46(10)88)34-100-40(4)82)103-25-19-22-52-28-53(23-20-26-104-74(71(95)98-17)32-56(107-44(8)86)62(77-38(2)80)68(116-74)65(113-50(14)92)59(110-47(11)89)35-101-41(5)83)30-54(29-52)24-21-27-105-75(72(96)99-18)33-57(108-45(9)87)63(78-39(3)81)69(117-75)66(114-51(15)93)60(111-48(12)90)36-102-42(6)84/h28-30,55-69H,25-27,31-36H2,1-18H3,(H,76,79)(H,77,80)(H,78,81)/t55-,56-,57-,58+,59+,60+,61+,62+,63+,64+,65+,66+,67+,68+,69+,73+,74+,75+/m0/s1. The van der Waals surface area contributed by atoms with Gasteiger partial charge in [0.05, 0.1) is 58.7 Å². The van der Waals surface area contributed by atoms with Crippen LogP contribution < -0.4 is 16.0 Å². The number of methoxy groups -OCH3 is 3. The van der Waals surface area contributed by atoms with E-state index in [0.717, 1.165) is 125 Å². The number of amides is 3. The van der Waals surface area contributed by atoms with Crippen LogP contribution in [0.5, 0.6) is 0 Å². The largest absolute Gasteiger partial charge is 0.465 e. The van der Waals surface area contributed by atoms with Crippen molar-refractivity contribution in [2.45, 2.75) is 232 Å². The summed E-state index contributed by atoms with van der Waals surface area (Å²) in [6, 6.07) is -0.790. The molecule has 0 aliphatic carbocycles. The quantitative estimate of drug-likeness (QED) is 0.0403. The molecular formula is C75H93N3O39. The fourth-order valence-corrected chi connectivity index (χ4v) is 12.4. The zero-order valence-corrected chi connectivity index (χ0v) is 67.2. The third kappa shape index (κ3) is 30.4. The normalized spacial score (nSPS) is 23.8. The van der Waals surface area contributed by atoms with Gasteiger partial charge in [-0.3, -0.25) is 71.9 Å². The third-order valence-electron chi connectivity index (χ3n) is 16.2. The Morgan fingerprint density at radius 2 is 0.564 bits per heavy atom. The number of nitrogens with one attached hydrogen (secondary N) is 3. The summed E-state index contributed by atoms with van der Waals surface area (Å²) >= 11 is 0. The number of rotatable bonds is 33. The van der Waals surface area contributed by atoms with Gasteiger partial charge in [-0.15, -0.1) is 0 Å².